The highest BCUT2D eigenvalue weighted by Crippen LogP contribution is 2.23. The van der Waals surface area contributed by atoms with E-state index in [0.29, 0.717) is 5.56 Å². The van der Waals surface area contributed by atoms with Crippen LogP contribution in [0.3, 0.4) is 0 Å². The van der Waals surface area contributed by atoms with Crippen LogP contribution in [0, 0.1) is 0 Å². The SMILES string of the molecule is O=C(/C=C/c1cccc(N2CC2)c1)c1ccccc1O. The third-order valence-corrected chi connectivity index (χ3v) is 3.28. The summed E-state index contributed by atoms with van der Waals surface area (Å²) in [5, 5.41) is 9.64. The highest BCUT2D eigenvalue weighted by atomic mass is 16.3. The molecule has 1 fully saturated rings. The number of carbonyl (C=O) groups is 1. The second-order valence-corrected chi connectivity index (χ2v) is 4.80. The maximum atomic E-state index is 12.0. The molecule has 3 heteroatoms. The van der Waals surface area contributed by atoms with Crippen molar-refractivity contribution in [2.24, 2.45) is 0 Å². The molecule has 1 aliphatic heterocycles. The molecule has 0 atom stereocenters. The summed E-state index contributed by atoms with van der Waals surface area (Å²) in [6, 6.07) is 14.6. The van der Waals surface area contributed by atoms with Gasteiger partial charge in [-0.3, -0.25) is 4.79 Å². The van der Waals surface area contributed by atoms with Crippen molar-refractivity contribution in [2.75, 3.05) is 18.0 Å². The van der Waals surface area contributed by atoms with Crippen LogP contribution in [0.15, 0.2) is 54.6 Å². The molecule has 0 saturated carbocycles. The fourth-order valence-corrected chi connectivity index (χ4v) is 2.08. The van der Waals surface area contributed by atoms with Crippen LogP contribution in [-0.2, 0) is 0 Å². The number of rotatable bonds is 4. The summed E-state index contributed by atoms with van der Waals surface area (Å²) in [5.41, 5.74) is 2.49. The van der Waals surface area contributed by atoms with Gasteiger partial charge in [-0.05, 0) is 35.9 Å². The largest absolute Gasteiger partial charge is 0.507 e. The van der Waals surface area contributed by atoms with E-state index in [1.165, 1.54) is 17.8 Å². The second kappa shape index (κ2) is 5.21. The topological polar surface area (TPSA) is 40.3 Å². The number of phenolic OH excluding ortho intramolecular Hbond substituents is 1. The minimum absolute atomic E-state index is 0.0139. The normalized spacial score (nSPS) is 13.7. The molecule has 1 saturated heterocycles. The minimum Gasteiger partial charge on any atom is -0.507 e. The van der Waals surface area contributed by atoms with Gasteiger partial charge in [0.25, 0.3) is 0 Å². The average molecular weight is 265 g/mol. The maximum absolute atomic E-state index is 12.0. The van der Waals surface area contributed by atoms with Crippen LogP contribution < -0.4 is 4.90 Å². The molecule has 0 aromatic heterocycles. The number of benzene rings is 2. The number of aromatic hydroxyl groups is 1. The fraction of sp³-hybridized carbons (Fsp3) is 0.118. The Morgan fingerprint density at radius 1 is 1.10 bits per heavy atom. The molecular weight excluding hydrogens is 250 g/mol. The number of carbonyl (C=O) groups excluding carboxylic acids is 1. The summed E-state index contributed by atoms with van der Waals surface area (Å²) in [7, 11) is 0. The molecule has 1 heterocycles. The number of nitrogens with zero attached hydrogens (tertiary/aromatic N) is 1. The van der Waals surface area contributed by atoms with E-state index in [0.717, 1.165) is 18.7 Å². The van der Waals surface area contributed by atoms with Gasteiger partial charge in [0.1, 0.15) is 5.75 Å². The number of hydrogen-bond acceptors (Lipinski definition) is 3. The van der Waals surface area contributed by atoms with E-state index in [1.807, 2.05) is 12.1 Å². The Morgan fingerprint density at radius 2 is 1.90 bits per heavy atom. The van der Waals surface area contributed by atoms with Crippen molar-refractivity contribution in [1.29, 1.82) is 0 Å². The van der Waals surface area contributed by atoms with Crippen LogP contribution in [0.1, 0.15) is 15.9 Å². The lowest BCUT2D eigenvalue weighted by Crippen LogP contribution is -1.94. The van der Waals surface area contributed by atoms with E-state index in [2.05, 4.69) is 17.0 Å². The fourth-order valence-electron chi connectivity index (χ4n) is 2.08. The smallest absolute Gasteiger partial charge is 0.189 e. The van der Waals surface area contributed by atoms with Crippen molar-refractivity contribution >= 4 is 17.5 Å². The molecular formula is C17H15NO2. The van der Waals surface area contributed by atoms with Crippen LogP contribution in [-0.4, -0.2) is 24.0 Å². The van der Waals surface area contributed by atoms with Gasteiger partial charge in [0, 0.05) is 18.8 Å². The highest BCUT2D eigenvalue weighted by molar-refractivity contribution is 6.08. The minimum atomic E-state index is -0.194. The molecule has 3 rings (SSSR count). The molecule has 0 amide bonds. The molecule has 0 unspecified atom stereocenters. The van der Waals surface area contributed by atoms with Crippen LogP contribution in [0.4, 0.5) is 5.69 Å². The first-order valence-electron chi connectivity index (χ1n) is 6.59. The van der Waals surface area contributed by atoms with E-state index >= 15 is 0 Å². The first kappa shape index (κ1) is 12.5. The van der Waals surface area contributed by atoms with Crippen molar-refractivity contribution in [3.05, 3.63) is 65.7 Å². The summed E-state index contributed by atoms with van der Waals surface area (Å²) >= 11 is 0. The van der Waals surface area contributed by atoms with E-state index in [1.54, 1.807) is 24.3 Å². The predicted octanol–water partition coefficient (Wildman–Crippen LogP) is 3.11. The Labute approximate surface area is 117 Å². The third-order valence-electron chi connectivity index (χ3n) is 3.28. The van der Waals surface area contributed by atoms with Gasteiger partial charge in [-0.1, -0.05) is 30.3 Å². The number of para-hydroxylation sites is 1. The Morgan fingerprint density at radius 3 is 2.65 bits per heavy atom. The zero-order valence-corrected chi connectivity index (χ0v) is 11.0. The molecule has 0 bridgehead atoms. The highest BCUT2D eigenvalue weighted by Gasteiger charge is 2.17. The van der Waals surface area contributed by atoms with Crippen molar-refractivity contribution < 1.29 is 9.90 Å². The van der Waals surface area contributed by atoms with Crippen molar-refractivity contribution in [2.45, 2.75) is 0 Å². The number of ketones is 1. The molecule has 3 nitrogen and oxygen atoms in total. The van der Waals surface area contributed by atoms with Crippen LogP contribution in [0.25, 0.3) is 6.08 Å². The van der Waals surface area contributed by atoms with E-state index in [9.17, 15) is 9.90 Å². The van der Waals surface area contributed by atoms with Gasteiger partial charge in [0.15, 0.2) is 5.78 Å². The maximum Gasteiger partial charge on any atom is 0.189 e. The number of phenols is 1. The Kier molecular flexibility index (Phi) is 3.25. The van der Waals surface area contributed by atoms with Gasteiger partial charge in [-0.15, -0.1) is 0 Å². The lowest BCUT2D eigenvalue weighted by atomic mass is 10.1. The molecule has 0 spiro atoms. The zero-order valence-electron chi connectivity index (χ0n) is 11.0. The van der Waals surface area contributed by atoms with Gasteiger partial charge >= 0.3 is 0 Å². The van der Waals surface area contributed by atoms with Crippen molar-refractivity contribution in [1.82, 2.24) is 0 Å². The first-order valence-corrected chi connectivity index (χ1v) is 6.59. The zero-order chi connectivity index (χ0) is 13.9. The number of anilines is 1. The average Bonchev–Trinajstić information content (AvgIpc) is 3.30. The number of allylic oxidation sites excluding steroid dienone is 1. The van der Waals surface area contributed by atoms with Gasteiger partial charge < -0.3 is 10.0 Å². The molecule has 100 valence electrons. The predicted molar refractivity (Wildman–Crippen MR) is 80.1 cm³/mol. The van der Waals surface area contributed by atoms with Crippen molar-refractivity contribution in [3.8, 4) is 5.75 Å². The van der Waals surface area contributed by atoms with E-state index in [-0.39, 0.29) is 11.5 Å². The standard InChI is InChI=1S/C17H15NO2/c19-16-7-2-1-6-15(16)17(20)9-8-13-4-3-5-14(12-13)18-10-11-18/h1-9,12,19H,10-11H2/b9-8+. The molecule has 2 aromatic rings. The molecule has 1 N–H and O–H groups in total. The van der Waals surface area contributed by atoms with Gasteiger partial charge in [-0.25, -0.2) is 0 Å². The molecule has 20 heavy (non-hydrogen) atoms. The molecule has 0 aliphatic carbocycles. The van der Waals surface area contributed by atoms with E-state index in [4.69, 9.17) is 0 Å². The lowest BCUT2D eigenvalue weighted by Gasteiger charge is -2.03. The third kappa shape index (κ3) is 2.72. The molecule has 2 aromatic carbocycles. The van der Waals surface area contributed by atoms with E-state index < -0.39 is 0 Å². The Bertz CT molecular complexity index is 672. The lowest BCUT2D eigenvalue weighted by molar-refractivity contribution is 0.104. The summed E-state index contributed by atoms with van der Waals surface area (Å²) in [4.78, 5) is 14.3. The summed E-state index contributed by atoms with van der Waals surface area (Å²) in [6.07, 6.45) is 3.28. The first-order chi connectivity index (χ1) is 9.74. The monoisotopic (exact) mass is 265 g/mol. The summed E-state index contributed by atoms with van der Waals surface area (Å²) in [6.45, 7) is 2.20. The quantitative estimate of drug-likeness (QED) is 0.524. The summed E-state index contributed by atoms with van der Waals surface area (Å²) < 4.78 is 0. The van der Waals surface area contributed by atoms with Gasteiger partial charge in [0.05, 0.1) is 5.56 Å². The van der Waals surface area contributed by atoms with Crippen LogP contribution in [0.2, 0.25) is 0 Å². The second-order valence-electron chi connectivity index (χ2n) is 4.80. The summed E-state index contributed by atoms with van der Waals surface area (Å²) in [5.74, 6) is -0.180. The Balaban J connectivity index is 1.78. The Hall–Kier alpha value is -2.55. The molecule has 0 radical (unpaired) electrons. The van der Waals surface area contributed by atoms with Crippen LogP contribution >= 0.6 is 0 Å². The van der Waals surface area contributed by atoms with Crippen LogP contribution in [0.5, 0.6) is 5.75 Å². The van der Waals surface area contributed by atoms with Crippen molar-refractivity contribution in [3.63, 3.8) is 0 Å². The van der Waals surface area contributed by atoms with Gasteiger partial charge in [-0.2, -0.15) is 0 Å². The molecule has 1 aliphatic rings. The number of hydrogen-bond donors (Lipinski definition) is 1. The van der Waals surface area contributed by atoms with Gasteiger partial charge in [0.2, 0.25) is 0 Å².